The predicted octanol–water partition coefficient (Wildman–Crippen LogP) is 7.64. The topological polar surface area (TPSA) is 0 Å². The summed E-state index contributed by atoms with van der Waals surface area (Å²) in [5, 5.41) is 5.17. The Morgan fingerprint density at radius 3 is 1.56 bits per heavy atom. The van der Waals surface area contributed by atoms with Crippen molar-refractivity contribution in [3.63, 3.8) is 0 Å². The van der Waals surface area contributed by atoms with E-state index in [9.17, 15) is 0 Å². The first-order valence-electron chi connectivity index (χ1n) is 9.39. The van der Waals surface area contributed by atoms with Crippen molar-refractivity contribution in [2.24, 2.45) is 0 Å². The third kappa shape index (κ3) is 2.62. The van der Waals surface area contributed by atoms with E-state index in [1.54, 1.807) is 0 Å². The van der Waals surface area contributed by atoms with Crippen molar-refractivity contribution < 1.29 is 0 Å². The zero-order valence-electron chi connectivity index (χ0n) is 15.3. The largest absolute Gasteiger partial charge is 0.0620 e. The fraction of sp³-hybridized carbons (Fsp3) is 0.0370. The molecule has 0 aliphatic carbocycles. The van der Waals surface area contributed by atoms with E-state index >= 15 is 0 Å². The Hall–Kier alpha value is -3.38. The van der Waals surface area contributed by atoms with E-state index in [2.05, 4.69) is 110 Å². The van der Waals surface area contributed by atoms with Crippen LogP contribution in [0.4, 0.5) is 0 Å². The van der Waals surface area contributed by atoms with E-state index in [0.717, 1.165) is 0 Å². The molecule has 0 unspecified atom stereocenters. The number of hydrogen-bond donors (Lipinski definition) is 0. The summed E-state index contributed by atoms with van der Waals surface area (Å²) < 4.78 is 0. The molecule has 0 heterocycles. The summed E-state index contributed by atoms with van der Waals surface area (Å²) in [7, 11) is 0. The molecule has 0 saturated heterocycles. The van der Waals surface area contributed by atoms with Gasteiger partial charge in [0.2, 0.25) is 0 Å². The smallest absolute Gasteiger partial charge is 0.00206 e. The molecule has 0 aliphatic rings. The monoisotopic (exact) mass is 344 g/mol. The quantitative estimate of drug-likeness (QED) is 0.289. The molecular formula is C27H20. The molecule has 128 valence electrons. The van der Waals surface area contributed by atoms with Gasteiger partial charge >= 0.3 is 0 Å². The third-order valence-electron chi connectivity index (χ3n) is 5.40. The summed E-state index contributed by atoms with van der Waals surface area (Å²) in [6.07, 6.45) is 0. The van der Waals surface area contributed by atoms with Crippen molar-refractivity contribution in [2.45, 2.75) is 6.92 Å². The Labute approximate surface area is 159 Å². The van der Waals surface area contributed by atoms with Gasteiger partial charge in [0.05, 0.1) is 0 Å². The van der Waals surface area contributed by atoms with Gasteiger partial charge in [0, 0.05) is 0 Å². The second-order valence-corrected chi connectivity index (χ2v) is 7.05. The molecule has 0 aromatic heterocycles. The van der Waals surface area contributed by atoms with E-state index < -0.39 is 0 Å². The van der Waals surface area contributed by atoms with Crippen LogP contribution in [0.3, 0.4) is 0 Å². The van der Waals surface area contributed by atoms with E-state index in [1.807, 2.05) is 0 Å². The van der Waals surface area contributed by atoms with Crippen molar-refractivity contribution in [3.8, 4) is 22.3 Å². The Balaban J connectivity index is 1.94. The number of benzene rings is 5. The minimum Gasteiger partial charge on any atom is -0.0620 e. The van der Waals surface area contributed by atoms with Gasteiger partial charge in [-0.15, -0.1) is 0 Å². The predicted molar refractivity (Wildman–Crippen MR) is 117 cm³/mol. The maximum Gasteiger partial charge on any atom is -0.00206 e. The van der Waals surface area contributed by atoms with Crippen LogP contribution in [0.25, 0.3) is 43.8 Å². The van der Waals surface area contributed by atoms with Crippen LogP contribution in [0.15, 0.2) is 103 Å². The van der Waals surface area contributed by atoms with Gasteiger partial charge < -0.3 is 0 Å². The maximum atomic E-state index is 2.30. The molecule has 0 bridgehead atoms. The van der Waals surface area contributed by atoms with Crippen LogP contribution in [0, 0.1) is 6.92 Å². The molecule has 0 nitrogen and oxygen atoms in total. The SMILES string of the molecule is Cc1ccccc1-c1ccccc1-c1c2ccccc2cc2ccccc12. The minimum absolute atomic E-state index is 1.28. The Morgan fingerprint density at radius 1 is 0.444 bits per heavy atom. The number of fused-ring (bicyclic) bond motifs is 2. The average molecular weight is 344 g/mol. The lowest BCUT2D eigenvalue weighted by Crippen LogP contribution is -1.90. The summed E-state index contributed by atoms with van der Waals surface area (Å²) in [5.41, 5.74) is 6.50. The summed E-state index contributed by atoms with van der Waals surface area (Å²) in [6.45, 7) is 2.19. The van der Waals surface area contributed by atoms with Crippen molar-refractivity contribution >= 4 is 21.5 Å². The second kappa shape index (κ2) is 6.41. The molecule has 0 N–H and O–H groups in total. The van der Waals surface area contributed by atoms with Crippen LogP contribution in [0.5, 0.6) is 0 Å². The van der Waals surface area contributed by atoms with Gasteiger partial charge in [-0.05, 0) is 62.4 Å². The van der Waals surface area contributed by atoms with Crippen LogP contribution in [-0.2, 0) is 0 Å². The molecule has 0 atom stereocenters. The molecule has 0 spiro atoms. The highest BCUT2D eigenvalue weighted by Crippen LogP contribution is 2.41. The first-order chi connectivity index (χ1) is 13.3. The average Bonchev–Trinajstić information content (AvgIpc) is 2.72. The fourth-order valence-corrected chi connectivity index (χ4v) is 4.11. The normalized spacial score (nSPS) is 11.1. The lowest BCUT2D eigenvalue weighted by molar-refractivity contribution is 1.46. The van der Waals surface area contributed by atoms with Gasteiger partial charge in [-0.2, -0.15) is 0 Å². The highest BCUT2D eigenvalue weighted by molar-refractivity contribution is 6.14. The van der Waals surface area contributed by atoms with E-state index in [-0.39, 0.29) is 0 Å². The molecule has 0 fully saturated rings. The van der Waals surface area contributed by atoms with Crippen molar-refractivity contribution in [1.29, 1.82) is 0 Å². The minimum atomic E-state index is 1.28. The van der Waals surface area contributed by atoms with Crippen LogP contribution >= 0.6 is 0 Å². The molecule has 5 aromatic carbocycles. The van der Waals surface area contributed by atoms with Crippen LogP contribution in [-0.4, -0.2) is 0 Å². The first kappa shape index (κ1) is 15.8. The lowest BCUT2D eigenvalue weighted by Gasteiger charge is -2.17. The molecule has 0 amide bonds. The Bertz CT molecular complexity index is 1220. The zero-order chi connectivity index (χ0) is 18.2. The van der Waals surface area contributed by atoms with Gasteiger partial charge in [-0.25, -0.2) is 0 Å². The summed E-state index contributed by atoms with van der Waals surface area (Å²) >= 11 is 0. The molecule has 0 radical (unpaired) electrons. The van der Waals surface area contributed by atoms with Crippen LogP contribution in [0.1, 0.15) is 5.56 Å². The van der Waals surface area contributed by atoms with Gasteiger partial charge in [0.25, 0.3) is 0 Å². The molecular weight excluding hydrogens is 324 g/mol. The number of hydrogen-bond acceptors (Lipinski definition) is 0. The molecule has 0 saturated carbocycles. The van der Waals surface area contributed by atoms with Crippen LogP contribution in [0.2, 0.25) is 0 Å². The molecule has 0 heteroatoms. The van der Waals surface area contributed by atoms with Crippen molar-refractivity contribution in [1.82, 2.24) is 0 Å². The van der Waals surface area contributed by atoms with Gasteiger partial charge in [0.1, 0.15) is 0 Å². The van der Waals surface area contributed by atoms with Crippen LogP contribution < -0.4 is 0 Å². The second-order valence-electron chi connectivity index (χ2n) is 7.05. The van der Waals surface area contributed by atoms with E-state index in [1.165, 1.54) is 49.4 Å². The summed E-state index contributed by atoms with van der Waals surface area (Å²) in [4.78, 5) is 0. The Kier molecular flexibility index (Phi) is 3.76. The molecule has 5 aromatic rings. The van der Waals surface area contributed by atoms with Crippen molar-refractivity contribution in [3.05, 3.63) is 109 Å². The fourth-order valence-electron chi connectivity index (χ4n) is 4.11. The summed E-state index contributed by atoms with van der Waals surface area (Å²) in [6, 6.07) is 37.1. The Morgan fingerprint density at radius 2 is 0.926 bits per heavy atom. The molecule has 5 rings (SSSR count). The zero-order valence-corrected chi connectivity index (χ0v) is 15.3. The summed E-state index contributed by atoms with van der Waals surface area (Å²) in [5.74, 6) is 0. The van der Waals surface area contributed by atoms with Gasteiger partial charge in [0.15, 0.2) is 0 Å². The van der Waals surface area contributed by atoms with Crippen molar-refractivity contribution in [2.75, 3.05) is 0 Å². The maximum absolute atomic E-state index is 2.30. The van der Waals surface area contributed by atoms with Gasteiger partial charge in [-0.1, -0.05) is 97.1 Å². The number of rotatable bonds is 2. The van der Waals surface area contributed by atoms with E-state index in [0.29, 0.717) is 0 Å². The van der Waals surface area contributed by atoms with Gasteiger partial charge in [-0.3, -0.25) is 0 Å². The first-order valence-corrected chi connectivity index (χ1v) is 9.39. The molecule has 27 heavy (non-hydrogen) atoms. The van der Waals surface area contributed by atoms with E-state index in [4.69, 9.17) is 0 Å². The molecule has 0 aliphatic heterocycles. The number of aryl methyl sites for hydroxylation is 1. The highest BCUT2D eigenvalue weighted by Gasteiger charge is 2.14. The third-order valence-corrected chi connectivity index (χ3v) is 5.40. The standard InChI is InChI=1S/C27H20/c1-19-10-2-5-13-22(19)25-16-8-9-17-26(25)27-23-14-6-3-11-20(23)18-21-12-4-7-15-24(21)27/h2-18H,1H3. The lowest BCUT2D eigenvalue weighted by atomic mass is 9.87. The highest BCUT2D eigenvalue weighted by atomic mass is 14.2.